The number of nitrogens with zero attached hydrogens (tertiary/aromatic N) is 1. The normalized spacial score (nSPS) is 19.3. The van der Waals surface area contributed by atoms with Crippen LogP contribution in [-0.2, 0) is 17.8 Å². The smallest absolute Gasteiger partial charge is 0.126 e. The first-order valence-electron chi connectivity index (χ1n) is 8.40. The summed E-state index contributed by atoms with van der Waals surface area (Å²) in [6, 6.07) is 20.5. The molecule has 1 aliphatic heterocycles. The molecule has 1 aliphatic rings. The Hall–Kier alpha value is -2.39. The van der Waals surface area contributed by atoms with Gasteiger partial charge in [-0.05, 0) is 30.0 Å². The fourth-order valence-electron chi connectivity index (χ4n) is 3.10. The van der Waals surface area contributed by atoms with E-state index in [4.69, 9.17) is 9.73 Å². The molecule has 1 unspecified atom stereocenters. The summed E-state index contributed by atoms with van der Waals surface area (Å²) in [6.07, 6.45) is 6.06. The van der Waals surface area contributed by atoms with Gasteiger partial charge in [0.05, 0.1) is 0 Å². The van der Waals surface area contributed by atoms with E-state index in [-0.39, 0.29) is 6.61 Å². The summed E-state index contributed by atoms with van der Waals surface area (Å²) in [6.45, 7) is 0.698. The van der Waals surface area contributed by atoms with E-state index in [0.29, 0.717) is 13.0 Å². The molecule has 0 amide bonds. The van der Waals surface area contributed by atoms with Crippen LogP contribution in [0.25, 0.3) is 0 Å². The van der Waals surface area contributed by atoms with Crippen molar-refractivity contribution in [2.75, 3.05) is 6.61 Å². The zero-order valence-corrected chi connectivity index (χ0v) is 13.8. The molecule has 3 nitrogen and oxygen atoms in total. The van der Waals surface area contributed by atoms with Gasteiger partial charge in [0.25, 0.3) is 0 Å². The van der Waals surface area contributed by atoms with Gasteiger partial charge in [-0.15, -0.1) is 0 Å². The number of hydrogen-bond acceptors (Lipinski definition) is 3. The maximum absolute atomic E-state index is 9.29. The van der Waals surface area contributed by atoms with E-state index in [2.05, 4.69) is 24.3 Å². The monoisotopic (exact) mass is 321 g/mol. The van der Waals surface area contributed by atoms with Crippen LogP contribution in [0.4, 0.5) is 0 Å². The van der Waals surface area contributed by atoms with Crippen molar-refractivity contribution in [2.45, 2.75) is 31.4 Å². The number of aliphatic hydroxyl groups excluding tert-OH is 1. The lowest BCUT2D eigenvalue weighted by Gasteiger charge is -2.30. The fourth-order valence-corrected chi connectivity index (χ4v) is 3.10. The summed E-state index contributed by atoms with van der Waals surface area (Å²) in [5, 5.41) is 9.29. The molecule has 0 fully saturated rings. The van der Waals surface area contributed by atoms with Crippen LogP contribution in [0, 0.1) is 0 Å². The molecular formula is C21H23NO2. The number of aliphatic imine (C=N–C) groups is 1. The zero-order chi connectivity index (χ0) is 16.7. The van der Waals surface area contributed by atoms with Gasteiger partial charge >= 0.3 is 0 Å². The highest BCUT2D eigenvalue weighted by Crippen LogP contribution is 2.35. The second-order valence-corrected chi connectivity index (χ2v) is 6.10. The number of ether oxygens (including phenoxy) is 1. The van der Waals surface area contributed by atoms with E-state index < -0.39 is 5.54 Å². The predicted octanol–water partition coefficient (Wildman–Crippen LogP) is 3.93. The summed E-state index contributed by atoms with van der Waals surface area (Å²) >= 11 is 0. The van der Waals surface area contributed by atoms with E-state index in [1.54, 1.807) is 0 Å². The van der Waals surface area contributed by atoms with Crippen molar-refractivity contribution in [3.8, 4) is 0 Å². The van der Waals surface area contributed by atoms with Gasteiger partial charge in [0, 0.05) is 19.2 Å². The van der Waals surface area contributed by atoms with Crippen LogP contribution in [0.15, 0.2) is 77.5 Å². The average Bonchev–Trinajstić information content (AvgIpc) is 3.02. The molecule has 1 heterocycles. The molecule has 0 saturated heterocycles. The molecule has 0 radical (unpaired) electrons. The van der Waals surface area contributed by atoms with Crippen molar-refractivity contribution in [3.63, 3.8) is 0 Å². The number of aliphatic hydroxyl groups is 1. The molecule has 0 saturated carbocycles. The fraction of sp³-hybridized carbons (Fsp3) is 0.286. The van der Waals surface area contributed by atoms with E-state index in [1.807, 2.05) is 48.7 Å². The van der Waals surface area contributed by atoms with Gasteiger partial charge in [-0.3, -0.25) is 4.99 Å². The minimum absolute atomic E-state index is 0.165. The Labute approximate surface area is 143 Å². The third-order valence-electron chi connectivity index (χ3n) is 4.33. The van der Waals surface area contributed by atoms with Gasteiger partial charge in [-0.2, -0.15) is 0 Å². The van der Waals surface area contributed by atoms with Crippen LogP contribution in [-0.4, -0.2) is 23.5 Å². The molecule has 0 aromatic heterocycles. The van der Waals surface area contributed by atoms with Crippen molar-refractivity contribution in [3.05, 3.63) is 83.6 Å². The van der Waals surface area contributed by atoms with E-state index in [9.17, 15) is 5.11 Å². The number of benzene rings is 2. The van der Waals surface area contributed by atoms with Crippen molar-refractivity contribution >= 4 is 6.21 Å². The van der Waals surface area contributed by atoms with E-state index in [0.717, 1.165) is 24.2 Å². The molecule has 0 aliphatic carbocycles. The quantitative estimate of drug-likeness (QED) is 0.800. The predicted molar refractivity (Wildman–Crippen MR) is 97.0 cm³/mol. The van der Waals surface area contributed by atoms with Gasteiger partial charge in [0.15, 0.2) is 0 Å². The van der Waals surface area contributed by atoms with Crippen molar-refractivity contribution in [2.24, 2.45) is 4.99 Å². The standard InChI is InChI=1S/C21H23NO2/c23-15-7-13-21(16-18-8-3-1-4-9-18)20(12-14-22-21)24-17-19-10-5-2-6-11-19/h1-6,8-12,14,23H,7,13,15-17H2. The zero-order valence-electron chi connectivity index (χ0n) is 13.8. The molecule has 2 aromatic rings. The Kier molecular flexibility index (Phi) is 5.44. The maximum atomic E-state index is 9.29. The van der Waals surface area contributed by atoms with E-state index >= 15 is 0 Å². The minimum Gasteiger partial charge on any atom is -0.491 e. The van der Waals surface area contributed by atoms with Crippen molar-refractivity contribution < 1.29 is 9.84 Å². The Balaban J connectivity index is 1.76. The first kappa shape index (κ1) is 16.5. The van der Waals surface area contributed by atoms with Crippen LogP contribution >= 0.6 is 0 Å². The third kappa shape index (κ3) is 3.92. The summed E-state index contributed by atoms with van der Waals surface area (Å²) in [5.41, 5.74) is 1.96. The first-order valence-corrected chi connectivity index (χ1v) is 8.40. The molecule has 3 rings (SSSR count). The highest BCUT2D eigenvalue weighted by atomic mass is 16.5. The van der Waals surface area contributed by atoms with Crippen molar-refractivity contribution in [1.29, 1.82) is 0 Å². The van der Waals surface area contributed by atoms with Gasteiger partial charge < -0.3 is 9.84 Å². The Morgan fingerprint density at radius 3 is 2.25 bits per heavy atom. The van der Waals surface area contributed by atoms with Gasteiger partial charge in [0.2, 0.25) is 0 Å². The van der Waals surface area contributed by atoms with Crippen LogP contribution < -0.4 is 0 Å². The third-order valence-corrected chi connectivity index (χ3v) is 4.33. The summed E-state index contributed by atoms with van der Waals surface area (Å²) in [4.78, 5) is 4.74. The van der Waals surface area contributed by atoms with Crippen LogP contribution in [0.3, 0.4) is 0 Å². The molecule has 124 valence electrons. The summed E-state index contributed by atoms with van der Waals surface area (Å²) in [5.74, 6) is 0.892. The molecule has 24 heavy (non-hydrogen) atoms. The second kappa shape index (κ2) is 7.93. The maximum Gasteiger partial charge on any atom is 0.126 e. The number of allylic oxidation sites excluding steroid dienone is 1. The Morgan fingerprint density at radius 1 is 0.917 bits per heavy atom. The largest absolute Gasteiger partial charge is 0.491 e. The molecule has 2 aromatic carbocycles. The van der Waals surface area contributed by atoms with Gasteiger partial charge in [-0.1, -0.05) is 60.7 Å². The van der Waals surface area contributed by atoms with Crippen LogP contribution in [0.2, 0.25) is 0 Å². The summed E-state index contributed by atoms with van der Waals surface area (Å²) in [7, 11) is 0. The molecule has 0 bridgehead atoms. The molecule has 3 heteroatoms. The summed E-state index contributed by atoms with van der Waals surface area (Å²) < 4.78 is 6.13. The highest BCUT2D eigenvalue weighted by molar-refractivity contribution is 5.76. The molecule has 1 atom stereocenters. The molecular weight excluding hydrogens is 298 g/mol. The van der Waals surface area contributed by atoms with Crippen LogP contribution in [0.1, 0.15) is 24.0 Å². The Bertz CT molecular complexity index is 694. The van der Waals surface area contributed by atoms with Crippen LogP contribution in [0.5, 0.6) is 0 Å². The Morgan fingerprint density at radius 2 is 1.58 bits per heavy atom. The topological polar surface area (TPSA) is 41.8 Å². The van der Waals surface area contributed by atoms with E-state index in [1.165, 1.54) is 5.56 Å². The highest BCUT2D eigenvalue weighted by Gasteiger charge is 2.37. The molecule has 1 N–H and O–H groups in total. The minimum atomic E-state index is -0.404. The molecule has 0 spiro atoms. The van der Waals surface area contributed by atoms with Gasteiger partial charge in [-0.25, -0.2) is 0 Å². The lowest BCUT2D eigenvalue weighted by atomic mass is 9.86. The SMILES string of the molecule is OCCCC1(Cc2ccccc2)N=CC=C1OCc1ccccc1. The lowest BCUT2D eigenvalue weighted by Crippen LogP contribution is -2.32. The second-order valence-electron chi connectivity index (χ2n) is 6.10. The van der Waals surface area contributed by atoms with Gasteiger partial charge in [0.1, 0.15) is 17.9 Å². The average molecular weight is 321 g/mol. The lowest BCUT2D eigenvalue weighted by molar-refractivity contribution is 0.145. The number of hydrogen-bond donors (Lipinski definition) is 1. The van der Waals surface area contributed by atoms with Crippen molar-refractivity contribution in [1.82, 2.24) is 0 Å². The number of rotatable bonds is 8. The first-order chi connectivity index (χ1) is 11.8.